The molecule has 0 radical (unpaired) electrons. The van der Waals surface area contributed by atoms with E-state index in [4.69, 9.17) is 4.98 Å². The molecular weight excluding hydrogens is 266 g/mol. The Kier molecular flexibility index (Phi) is 3.74. The van der Waals surface area contributed by atoms with E-state index in [1.54, 1.807) is 0 Å². The van der Waals surface area contributed by atoms with E-state index in [1.165, 1.54) is 22.1 Å². The number of hydrogen-bond donors (Lipinski definition) is 0. The maximum absolute atomic E-state index is 4.78. The van der Waals surface area contributed by atoms with E-state index in [9.17, 15) is 0 Å². The predicted octanol–water partition coefficient (Wildman–Crippen LogP) is 5.43. The highest BCUT2D eigenvalue weighted by Crippen LogP contribution is 2.23. The van der Waals surface area contributed by atoms with E-state index in [2.05, 4.69) is 82.3 Å². The number of benzene rings is 2. The molecule has 0 aliphatic rings. The third-order valence-corrected chi connectivity index (χ3v) is 4.11. The average Bonchev–Trinajstić information content (AvgIpc) is 2.47. The van der Waals surface area contributed by atoms with Gasteiger partial charge in [-0.05, 0) is 41.7 Å². The van der Waals surface area contributed by atoms with Gasteiger partial charge in [-0.3, -0.25) is 4.98 Å². The summed E-state index contributed by atoms with van der Waals surface area (Å²) in [6.07, 6.45) is 0.883. The van der Waals surface area contributed by atoms with Crippen molar-refractivity contribution < 1.29 is 0 Å². The third kappa shape index (κ3) is 3.19. The zero-order valence-electron chi connectivity index (χ0n) is 13.9. The van der Waals surface area contributed by atoms with Crippen molar-refractivity contribution in [3.63, 3.8) is 0 Å². The van der Waals surface area contributed by atoms with Crippen molar-refractivity contribution in [2.45, 2.75) is 39.5 Å². The van der Waals surface area contributed by atoms with Crippen LogP contribution in [0.1, 0.15) is 43.2 Å². The van der Waals surface area contributed by atoms with Crippen LogP contribution in [0, 0.1) is 6.92 Å². The molecule has 0 fully saturated rings. The Labute approximate surface area is 133 Å². The first-order valence-corrected chi connectivity index (χ1v) is 7.87. The van der Waals surface area contributed by atoms with Crippen LogP contribution in [0.5, 0.6) is 0 Å². The van der Waals surface area contributed by atoms with Crippen molar-refractivity contribution in [3.8, 4) is 0 Å². The maximum atomic E-state index is 4.78. The van der Waals surface area contributed by atoms with Gasteiger partial charge in [-0.1, -0.05) is 62.7 Å². The van der Waals surface area contributed by atoms with Gasteiger partial charge in [-0.25, -0.2) is 0 Å². The summed E-state index contributed by atoms with van der Waals surface area (Å²) >= 11 is 0. The van der Waals surface area contributed by atoms with Crippen LogP contribution in [0.4, 0.5) is 0 Å². The predicted molar refractivity (Wildman–Crippen MR) is 94.4 cm³/mol. The van der Waals surface area contributed by atoms with Gasteiger partial charge in [-0.15, -0.1) is 0 Å². The second-order valence-corrected chi connectivity index (χ2v) is 7.12. The van der Waals surface area contributed by atoms with Crippen molar-refractivity contribution in [3.05, 3.63) is 77.0 Å². The molecule has 0 saturated heterocycles. The lowest BCUT2D eigenvalue weighted by molar-refractivity contribution is 0.590. The van der Waals surface area contributed by atoms with Crippen molar-refractivity contribution in [1.82, 2.24) is 4.98 Å². The minimum absolute atomic E-state index is 0.206. The highest BCUT2D eigenvalue weighted by molar-refractivity contribution is 5.79. The Hall–Kier alpha value is -2.15. The van der Waals surface area contributed by atoms with Crippen molar-refractivity contribution in [1.29, 1.82) is 0 Å². The Bertz CT molecular complexity index is 792. The van der Waals surface area contributed by atoms with E-state index in [-0.39, 0.29) is 5.41 Å². The number of hydrogen-bond acceptors (Lipinski definition) is 1. The molecule has 1 heteroatoms. The first kappa shape index (κ1) is 14.8. The fraction of sp³-hybridized carbons (Fsp3) is 0.286. The van der Waals surface area contributed by atoms with Gasteiger partial charge in [0.2, 0.25) is 0 Å². The van der Waals surface area contributed by atoms with E-state index in [1.807, 2.05) is 0 Å². The Morgan fingerprint density at radius 3 is 2.27 bits per heavy atom. The molecule has 0 N–H and O–H groups in total. The van der Waals surface area contributed by atoms with Gasteiger partial charge in [-0.2, -0.15) is 0 Å². The molecule has 0 saturated carbocycles. The number of aromatic nitrogens is 1. The molecule has 0 spiro atoms. The Balaban J connectivity index is 1.85. The molecule has 0 amide bonds. The smallest absolute Gasteiger partial charge is 0.0705 e. The summed E-state index contributed by atoms with van der Waals surface area (Å²) in [5, 5.41) is 1.21. The second-order valence-electron chi connectivity index (χ2n) is 7.12. The number of rotatable bonds is 2. The lowest BCUT2D eigenvalue weighted by Gasteiger charge is -2.19. The molecule has 0 aliphatic carbocycles. The van der Waals surface area contributed by atoms with E-state index >= 15 is 0 Å². The van der Waals surface area contributed by atoms with E-state index in [0.29, 0.717) is 0 Å². The molecule has 1 nitrogen and oxygen atoms in total. The van der Waals surface area contributed by atoms with Crippen LogP contribution in [0.2, 0.25) is 0 Å². The number of fused-ring (bicyclic) bond motifs is 1. The summed E-state index contributed by atoms with van der Waals surface area (Å²) < 4.78 is 0. The van der Waals surface area contributed by atoms with Crippen LogP contribution < -0.4 is 0 Å². The van der Waals surface area contributed by atoms with Crippen molar-refractivity contribution in [2.24, 2.45) is 0 Å². The molecule has 1 aromatic heterocycles. The van der Waals surface area contributed by atoms with Gasteiger partial charge in [0, 0.05) is 17.5 Å². The summed E-state index contributed by atoms with van der Waals surface area (Å²) in [4.78, 5) is 4.78. The van der Waals surface area contributed by atoms with Crippen LogP contribution in [0.25, 0.3) is 10.9 Å². The molecule has 0 unspecified atom stereocenters. The van der Waals surface area contributed by atoms with Crippen molar-refractivity contribution in [2.75, 3.05) is 0 Å². The summed E-state index contributed by atoms with van der Waals surface area (Å²) in [6, 6.07) is 19.6. The summed E-state index contributed by atoms with van der Waals surface area (Å²) in [5.41, 5.74) is 6.37. The van der Waals surface area contributed by atoms with Crippen LogP contribution >= 0.6 is 0 Å². The maximum Gasteiger partial charge on any atom is 0.0705 e. The standard InChI is InChI=1S/C21H23N/c1-15-5-12-20-17(13-15)8-11-19(22-20)14-16-6-9-18(10-7-16)21(2,3)4/h5-13H,14H2,1-4H3. The molecule has 22 heavy (non-hydrogen) atoms. The van der Waals surface area contributed by atoms with Gasteiger partial charge in [0.05, 0.1) is 5.52 Å². The Morgan fingerprint density at radius 2 is 1.59 bits per heavy atom. The van der Waals surface area contributed by atoms with Gasteiger partial charge < -0.3 is 0 Å². The molecule has 1 heterocycles. The largest absolute Gasteiger partial charge is 0.252 e. The fourth-order valence-corrected chi connectivity index (χ4v) is 2.72. The summed E-state index contributed by atoms with van der Waals surface area (Å²) in [7, 11) is 0. The molecular formula is C21H23N. The number of aryl methyl sites for hydroxylation is 1. The lowest BCUT2D eigenvalue weighted by atomic mass is 9.86. The molecule has 3 aromatic rings. The molecule has 0 aliphatic heterocycles. The normalized spacial score (nSPS) is 11.8. The molecule has 0 atom stereocenters. The highest BCUT2D eigenvalue weighted by Gasteiger charge is 2.12. The molecule has 2 aromatic carbocycles. The van der Waals surface area contributed by atoms with Gasteiger partial charge >= 0.3 is 0 Å². The van der Waals surface area contributed by atoms with Crippen molar-refractivity contribution >= 4 is 10.9 Å². The van der Waals surface area contributed by atoms with Crippen LogP contribution in [0.15, 0.2) is 54.6 Å². The monoisotopic (exact) mass is 289 g/mol. The van der Waals surface area contributed by atoms with Gasteiger partial charge in [0.25, 0.3) is 0 Å². The minimum atomic E-state index is 0.206. The topological polar surface area (TPSA) is 12.9 Å². The number of nitrogens with zero attached hydrogens (tertiary/aromatic N) is 1. The second kappa shape index (κ2) is 5.57. The quantitative estimate of drug-likeness (QED) is 0.613. The SMILES string of the molecule is Cc1ccc2nc(Cc3ccc(C(C)(C)C)cc3)ccc2c1. The lowest BCUT2D eigenvalue weighted by Crippen LogP contribution is -2.10. The highest BCUT2D eigenvalue weighted by atomic mass is 14.7. The average molecular weight is 289 g/mol. The Morgan fingerprint density at radius 1 is 0.864 bits per heavy atom. The number of pyridine rings is 1. The summed E-state index contributed by atoms with van der Waals surface area (Å²) in [6.45, 7) is 8.85. The zero-order valence-corrected chi connectivity index (χ0v) is 13.9. The van der Waals surface area contributed by atoms with Gasteiger partial charge in [0.15, 0.2) is 0 Å². The first-order valence-electron chi connectivity index (χ1n) is 7.87. The van der Waals surface area contributed by atoms with Crippen LogP contribution in [-0.2, 0) is 11.8 Å². The summed E-state index contributed by atoms with van der Waals surface area (Å²) in [5.74, 6) is 0. The van der Waals surface area contributed by atoms with E-state index < -0.39 is 0 Å². The van der Waals surface area contributed by atoms with Crippen LogP contribution in [-0.4, -0.2) is 4.98 Å². The van der Waals surface area contributed by atoms with E-state index in [0.717, 1.165) is 17.6 Å². The third-order valence-electron chi connectivity index (χ3n) is 4.11. The van der Waals surface area contributed by atoms with Gasteiger partial charge in [0.1, 0.15) is 0 Å². The zero-order chi connectivity index (χ0) is 15.7. The van der Waals surface area contributed by atoms with Crippen LogP contribution in [0.3, 0.4) is 0 Å². The molecule has 3 rings (SSSR count). The minimum Gasteiger partial charge on any atom is -0.252 e. The first-order chi connectivity index (χ1) is 10.4. The molecule has 112 valence electrons. The fourth-order valence-electron chi connectivity index (χ4n) is 2.72. The molecule has 0 bridgehead atoms.